The lowest BCUT2D eigenvalue weighted by Crippen LogP contribution is -2.44. The molecule has 0 aromatic heterocycles. The predicted octanol–water partition coefficient (Wildman–Crippen LogP) is 1.62. The Morgan fingerprint density at radius 1 is 1.29 bits per heavy atom. The van der Waals surface area contributed by atoms with Gasteiger partial charge in [-0.1, -0.05) is 24.4 Å². The number of rotatable bonds is 4. The van der Waals surface area contributed by atoms with Crippen molar-refractivity contribution in [3.8, 4) is 0 Å². The van der Waals surface area contributed by atoms with Crippen LogP contribution in [0.5, 0.6) is 0 Å². The molecule has 0 bridgehead atoms. The quantitative estimate of drug-likeness (QED) is 0.776. The fraction of sp³-hybridized carbons (Fsp3) is 0.462. The molecule has 0 aliphatic heterocycles. The molecule has 1 saturated carbocycles. The highest BCUT2D eigenvalue weighted by Crippen LogP contribution is 2.23. The van der Waals surface area contributed by atoms with E-state index in [0.29, 0.717) is 12.8 Å². The number of hydrogen-bond donors (Lipinski definition) is 3. The molecule has 6 nitrogen and oxygen atoms in total. The van der Waals surface area contributed by atoms with Gasteiger partial charge in [-0.05, 0) is 31.0 Å². The van der Waals surface area contributed by atoms with Crippen LogP contribution in [-0.4, -0.2) is 36.7 Å². The Morgan fingerprint density at radius 3 is 2.52 bits per heavy atom. The van der Waals surface area contributed by atoms with Gasteiger partial charge in [-0.2, -0.15) is 0 Å². The molecule has 0 amide bonds. The molecule has 0 radical (unpaired) electrons. The number of carbonyl (C=O) groups is 1. The van der Waals surface area contributed by atoms with Crippen molar-refractivity contribution in [3.63, 3.8) is 0 Å². The summed E-state index contributed by atoms with van der Waals surface area (Å²) in [5.74, 6) is -1.22. The third-order valence-corrected chi connectivity index (χ3v) is 5.32. The highest BCUT2D eigenvalue weighted by molar-refractivity contribution is 7.89. The highest BCUT2D eigenvalue weighted by atomic mass is 35.5. The maximum absolute atomic E-state index is 12.3. The number of aliphatic hydroxyl groups is 1. The number of halogens is 1. The number of aromatic carboxylic acids is 1. The summed E-state index contributed by atoms with van der Waals surface area (Å²) in [6.45, 7) is 0. The molecule has 1 aliphatic carbocycles. The minimum absolute atomic E-state index is 0.115. The van der Waals surface area contributed by atoms with E-state index < -0.39 is 28.1 Å². The van der Waals surface area contributed by atoms with Crippen LogP contribution in [0.1, 0.15) is 36.0 Å². The average molecular weight is 334 g/mol. The lowest BCUT2D eigenvalue weighted by atomic mass is 9.93. The van der Waals surface area contributed by atoms with Crippen molar-refractivity contribution in [2.75, 3.05) is 0 Å². The van der Waals surface area contributed by atoms with Gasteiger partial charge in [-0.15, -0.1) is 0 Å². The van der Waals surface area contributed by atoms with Gasteiger partial charge in [0.2, 0.25) is 10.0 Å². The molecule has 2 unspecified atom stereocenters. The van der Waals surface area contributed by atoms with E-state index >= 15 is 0 Å². The van der Waals surface area contributed by atoms with E-state index in [1.54, 1.807) is 0 Å². The number of hydrogen-bond acceptors (Lipinski definition) is 4. The third kappa shape index (κ3) is 3.74. The van der Waals surface area contributed by atoms with Crippen molar-refractivity contribution >= 4 is 27.6 Å². The van der Waals surface area contributed by atoms with Gasteiger partial charge in [0.15, 0.2) is 0 Å². The second kappa shape index (κ2) is 6.31. The van der Waals surface area contributed by atoms with Crippen LogP contribution in [0, 0.1) is 0 Å². The third-order valence-electron chi connectivity index (χ3n) is 3.52. The van der Waals surface area contributed by atoms with E-state index in [0.717, 1.165) is 25.0 Å². The van der Waals surface area contributed by atoms with Crippen LogP contribution in [0.3, 0.4) is 0 Å². The number of carboxylic acid groups (broad SMARTS) is 1. The molecular weight excluding hydrogens is 318 g/mol. The number of benzene rings is 1. The van der Waals surface area contributed by atoms with Gasteiger partial charge in [0.1, 0.15) is 0 Å². The largest absolute Gasteiger partial charge is 0.478 e. The van der Waals surface area contributed by atoms with Crippen LogP contribution in [-0.2, 0) is 10.0 Å². The van der Waals surface area contributed by atoms with Gasteiger partial charge in [-0.25, -0.2) is 17.9 Å². The standard InChI is InChI=1S/C13H16ClNO5S/c14-10-7-8(5-6-9(10)13(17)18)21(19,20)15-11-3-1-2-4-12(11)16/h5-7,11-12,15-16H,1-4H2,(H,17,18). The van der Waals surface area contributed by atoms with Crippen molar-refractivity contribution < 1.29 is 23.4 Å². The van der Waals surface area contributed by atoms with Crippen LogP contribution in [0.2, 0.25) is 5.02 Å². The minimum atomic E-state index is -3.85. The Balaban J connectivity index is 2.23. The zero-order chi connectivity index (χ0) is 15.6. The molecule has 0 heterocycles. The number of carboxylic acids is 1. The molecular formula is C13H16ClNO5S. The summed E-state index contributed by atoms with van der Waals surface area (Å²) in [6, 6.07) is 2.91. The molecule has 1 aromatic rings. The molecule has 0 spiro atoms. The Bertz CT molecular complexity index is 646. The fourth-order valence-corrected chi connectivity index (χ4v) is 4.01. The molecule has 1 aliphatic rings. The van der Waals surface area contributed by atoms with Crippen LogP contribution < -0.4 is 4.72 Å². The Kier molecular flexibility index (Phi) is 4.88. The van der Waals surface area contributed by atoms with E-state index in [2.05, 4.69) is 4.72 Å². The van der Waals surface area contributed by atoms with E-state index in [9.17, 15) is 18.3 Å². The lowest BCUT2D eigenvalue weighted by Gasteiger charge is -2.28. The monoisotopic (exact) mass is 333 g/mol. The summed E-state index contributed by atoms with van der Waals surface area (Å²) in [5, 5.41) is 18.5. The fourth-order valence-electron chi connectivity index (χ4n) is 2.35. The maximum Gasteiger partial charge on any atom is 0.337 e. The molecule has 2 atom stereocenters. The molecule has 1 aromatic carbocycles. The molecule has 21 heavy (non-hydrogen) atoms. The Labute approximate surface area is 127 Å². The molecule has 0 saturated heterocycles. The second-order valence-corrected chi connectivity index (χ2v) is 7.15. The first-order valence-corrected chi connectivity index (χ1v) is 8.40. The molecule has 1 fully saturated rings. The number of nitrogens with one attached hydrogen (secondary N) is 1. The van der Waals surface area contributed by atoms with Crippen LogP contribution in [0.4, 0.5) is 0 Å². The first-order chi connectivity index (χ1) is 9.81. The zero-order valence-electron chi connectivity index (χ0n) is 11.1. The van der Waals surface area contributed by atoms with Crippen molar-refractivity contribution in [3.05, 3.63) is 28.8 Å². The highest BCUT2D eigenvalue weighted by Gasteiger charge is 2.28. The van der Waals surface area contributed by atoms with Gasteiger partial charge in [0.25, 0.3) is 0 Å². The van der Waals surface area contributed by atoms with E-state index in [-0.39, 0.29) is 15.5 Å². The van der Waals surface area contributed by atoms with E-state index in [1.807, 2.05) is 0 Å². The van der Waals surface area contributed by atoms with Gasteiger partial charge in [0, 0.05) is 6.04 Å². The first-order valence-electron chi connectivity index (χ1n) is 6.54. The normalized spacial score (nSPS) is 23.0. The van der Waals surface area contributed by atoms with E-state index in [1.165, 1.54) is 6.07 Å². The lowest BCUT2D eigenvalue weighted by molar-refractivity contribution is 0.0697. The number of sulfonamides is 1. The van der Waals surface area contributed by atoms with Crippen molar-refractivity contribution in [1.82, 2.24) is 4.72 Å². The topological polar surface area (TPSA) is 104 Å². The van der Waals surface area contributed by atoms with Gasteiger partial charge < -0.3 is 10.2 Å². The summed E-state index contributed by atoms with van der Waals surface area (Å²) in [4.78, 5) is 10.7. The maximum atomic E-state index is 12.3. The molecule has 116 valence electrons. The smallest absolute Gasteiger partial charge is 0.337 e. The summed E-state index contributed by atoms with van der Waals surface area (Å²) in [7, 11) is -3.85. The van der Waals surface area contributed by atoms with Crippen LogP contribution >= 0.6 is 11.6 Å². The second-order valence-electron chi connectivity index (χ2n) is 5.03. The summed E-state index contributed by atoms with van der Waals surface area (Å²) >= 11 is 5.78. The van der Waals surface area contributed by atoms with Crippen molar-refractivity contribution in [2.24, 2.45) is 0 Å². The molecule has 3 N–H and O–H groups in total. The van der Waals surface area contributed by atoms with Crippen molar-refractivity contribution in [2.45, 2.75) is 42.7 Å². The molecule has 2 rings (SSSR count). The van der Waals surface area contributed by atoms with E-state index in [4.69, 9.17) is 16.7 Å². The minimum Gasteiger partial charge on any atom is -0.478 e. The zero-order valence-corrected chi connectivity index (χ0v) is 12.7. The van der Waals surface area contributed by atoms with Gasteiger partial charge in [-0.3, -0.25) is 0 Å². The summed E-state index contributed by atoms with van der Waals surface area (Å²) in [6.07, 6.45) is 2.15. The van der Waals surface area contributed by atoms with Crippen LogP contribution in [0.15, 0.2) is 23.1 Å². The summed E-state index contributed by atoms with van der Waals surface area (Å²) in [5.41, 5.74) is -0.159. The van der Waals surface area contributed by atoms with Crippen molar-refractivity contribution in [1.29, 1.82) is 0 Å². The molecule has 8 heteroatoms. The van der Waals surface area contributed by atoms with Crippen LogP contribution in [0.25, 0.3) is 0 Å². The van der Waals surface area contributed by atoms with Gasteiger partial charge in [0.05, 0.1) is 21.6 Å². The van der Waals surface area contributed by atoms with Gasteiger partial charge >= 0.3 is 5.97 Å². The SMILES string of the molecule is O=C(O)c1ccc(S(=O)(=O)NC2CCCCC2O)cc1Cl. The predicted molar refractivity (Wildman–Crippen MR) is 77.0 cm³/mol. The summed E-state index contributed by atoms with van der Waals surface area (Å²) < 4.78 is 27.0. The Morgan fingerprint density at radius 2 is 1.95 bits per heavy atom. The Hall–Kier alpha value is -1.15. The number of aliphatic hydroxyl groups excluding tert-OH is 1. The average Bonchev–Trinajstić information content (AvgIpc) is 2.40. The first kappa shape index (κ1) is 16.2.